The number of carboxylic acid groups (broad SMARTS) is 1. The highest BCUT2D eigenvalue weighted by Gasteiger charge is 2.21. The fourth-order valence-corrected chi connectivity index (χ4v) is 2.25. The summed E-state index contributed by atoms with van der Waals surface area (Å²) in [6.07, 6.45) is 0.204. The maximum absolute atomic E-state index is 11.0. The molecule has 1 aromatic carbocycles. The number of hydrogen-bond acceptors (Lipinski definition) is 4. The molecule has 6 nitrogen and oxygen atoms in total. The Bertz CT molecular complexity index is 621. The molecular formula is C14H18N2O4. The third-order valence-electron chi connectivity index (χ3n) is 3.21. The van der Waals surface area contributed by atoms with Crippen molar-refractivity contribution in [2.24, 2.45) is 12.8 Å². The Labute approximate surface area is 116 Å². The van der Waals surface area contributed by atoms with Crippen LogP contribution in [0.1, 0.15) is 5.56 Å². The van der Waals surface area contributed by atoms with E-state index in [2.05, 4.69) is 0 Å². The van der Waals surface area contributed by atoms with E-state index in [1.165, 1.54) is 7.11 Å². The number of para-hydroxylation sites is 1. The van der Waals surface area contributed by atoms with E-state index in [9.17, 15) is 4.79 Å². The molecule has 0 aliphatic rings. The van der Waals surface area contributed by atoms with Gasteiger partial charge < -0.3 is 24.9 Å². The predicted molar refractivity (Wildman–Crippen MR) is 74.7 cm³/mol. The molecule has 0 aliphatic carbocycles. The minimum atomic E-state index is -1.03. The van der Waals surface area contributed by atoms with E-state index in [-0.39, 0.29) is 13.2 Å². The minimum Gasteiger partial charge on any atom is -0.480 e. The van der Waals surface area contributed by atoms with Crippen LogP contribution in [0.5, 0.6) is 5.88 Å². The number of carbonyl (C=O) groups is 1. The molecule has 0 saturated heterocycles. The molecule has 0 fully saturated rings. The van der Waals surface area contributed by atoms with Gasteiger partial charge in [0.1, 0.15) is 6.04 Å². The Kier molecular flexibility index (Phi) is 4.26. The minimum absolute atomic E-state index is 0.0967. The van der Waals surface area contributed by atoms with Crippen LogP contribution in [-0.2, 0) is 23.0 Å². The molecule has 1 heterocycles. The van der Waals surface area contributed by atoms with Crippen LogP contribution in [0.25, 0.3) is 10.9 Å². The molecule has 2 rings (SSSR count). The van der Waals surface area contributed by atoms with Crippen molar-refractivity contribution < 1.29 is 19.4 Å². The standard InChI is InChI=1S/C14H18N2O4/c1-16-12-6-4-3-5-9(12)10(7-11(15)14(17)18)13(16)20-8-19-2/h3-6,11H,7-8,15H2,1-2H3,(H,17,18). The van der Waals surface area contributed by atoms with Crippen LogP contribution < -0.4 is 10.5 Å². The van der Waals surface area contributed by atoms with E-state index in [0.29, 0.717) is 5.88 Å². The van der Waals surface area contributed by atoms with Crippen molar-refractivity contribution in [3.8, 4) is 5.88 Å². The summed E-state index contributed by atoms with van der Waals surface area (Å²) >= 11 is 0. The first-order valence-corrected chi connectivity index (χ1v) is 6.22. The number of carboxylic acids is 1. The second kappa shape index (κ2) is 5.94. The number of ether oxygens (including phenoxy) is 2. The number of aliphatic carboxylic acids is 1. The second-order valence-electron chi connectivity index (χ2n) is 4.56. The summed E-state index contributed by atoms with van der Waals surface area (Å²) in [5, 5.41) is 9.93. The molecule has 0 bridgehead atoms. The third-order valence-corrected chi connectivity index (χ3v) is 3.21. The van der Waals surface area contributed by atoms with Crippen molar-refractivity contribution in [3.05, 3.63) is 29.8 Å². The molecule has 0 spiro atoms. The van der Waals surface area contributed by atoms with Gasteiger partial charge in [-0.25, -0.2) is 0 Å². The number of nitrogens with two attached hydrogens (primary N) is 1. The first-order valence-electron chi connectivity index (χ1n) is 6.22. The predicted octanol–water partition coefficient (Wildman–Crippen LogP) is 1.12. The van der Waals surface area contributed by atoms with E-state index in [0.717, 1.165) is 16.5 Å². The van der Waals surface area contributed by atoms with Crippen LogP contribution in [0.2, 0.25) is 0 Å². The molecule has 1 atom stereocenters. The fraction of sp³-hybridized carbons (Fsp3) is 0.357. The molecule has 6 heteroatoms. The maximum Gasteiger partial charge on any atom is 0.320 e. The van der Waals surface area contributed by atoms with Gasteiger partial charge in [-0.15, -0.1) is 0 Å². The largest absolute Gasteiger partial charge is 0.480 e. The number of aryl methyl sites for hydroxylation is 1. The first-order chi connectivity index (χ1) is 9.56. The van der Waals surface area contributed by atoms with Crippen LogP contribution in [0.15, 0.2) is 24.3 Å². The van der Waals surface area contributed by atoms with Gasteiger partial charge in [0.2, 0.25) is 0 Å². The van der Waals surface area contributed by atoms with Crippen LogP contribution in [0, 0.1) is 0 Å². The summed E-state index contributed by atoms with van der Waals surface area (Å²) in [6.45, 7) is 0.0967. The van der Waals surface area contributed by atoms with Crippen LogP contribution >= 0.6 is 0 Å². The lowest BCUT2D eigenvalue weighted by Gasteiger charge is -2.11. The van der Waals surface area contributed by atoms with Crippen molar-refractivity contribution in [1.82, 2.24) is 4.57 Å². The van der Waals surface area contributed by atoms with E-state index in [4.69, 9.17) is 20.3 Å². The number of fused-ring (bicyclic) bond motifs is 1. The van der Waals surface area contributed by atoms with Crippen molar-refractivity contribution >= 4 is 16.9 Å². The molecule has 1 unspecified atom stereocenters. The Morgan fingerprint density at radius 2 is 2.15 bits per heavy atom. The van der Waals surface area contributed by atoms with Gasteiger partial charge >= 0.3 is 5.97 Å². The molecule has 0 saturated carbocycles. The number of methoxy groups -OCH3 is 1. The summed E-state index contributed by atoms with van der Waals surface area (Å²) in [7, 11) is 3.40. The Hall–Kier alpha value is -2.05. The van der Waals surface area contributed by atoms with E-state index in [1.54, 1.807) is 0 Å². The summed E-state index contributed by atoms with van der Waals surface area (Å²) in [5.74, 6) is -0.444. The highest BCUT2D eigenvalue weighted by molar-refractivity contribution is 5.87. The molecule has 1 aromatic heterocycles. The van der Waals surface area contributed by atoms with Crippen LogP contribution in [-0.4, -0.2) is 35.6 Å². The first kappa shape index (κ1) is 14.4. The van der Waals surface area contributed by atoms with Crippen LogP contribution in [0.3, 0.4) is 0 Å². The lowest BCUT2D eigenvalue weighted by molar-refractivity contribution is -0.138. The SMILES string of the molecule is COCOc1c(CC(N)C(=O)O)c2ccccc2n1C. The average Bonchev–Trinajstić information content (AvgIpc) is 2.70. The Morgan fingerprint density at radius 1 is 1.45 bits per heavy atom. The normalized spacial score (nSPS) is 12.6. The zero-order valence-electron chi connectivity index (χ0n) is 11.5. The van der Waals surface area contributed by atoms with Gasteiger partial charge in [0, 0.05) is 31.5 Å². The maximum atomic E-state index is 11.0. The zero-order chi connectivity index (χ0) is 14.7. The number of rotatable bonds is 6. The molecule has 108 valence electrons. The van der Waals surface area contributed by atoms with Gasteiger partial charge in [-0.1, -0.05) is 18.2 Å². The number of aromatic nitrogens is 1. The van der Waals surface area contributed by atoms with Crippen molar-refractivity contribution in [2.45, 2.75) is 12.5 Å². The second-order valence-corrected chi connectivity index (χ2v) is 4.56. The number of benzene rings is 1. The highest BCUT2D eigenvalue weighted by atomic mass is 16.7. The highest BCUT2D eigenvalue weighted by Crippen LogP contribution is 2.32. The van der Waals surface area contributed by atoms with Crippen molar-refractivity contribution in [3.63, 3.8) is 0 Å². The van der Waals surface area contributed by atoms with Gasteiger partial charge in [-0.2, -0.15) is 0 Å². The quantitative estimate of drug-likeness (QED) is 0.773. The smallest absolute Gasteiger partial charge is 0.320 e. The molecule has 0 aliphatic heterocycles. The van der Waals surface area contributed by atoms with Gasteiger partial charge in [0.15, 0.2) is 12.7 Å². The zero-order valence-corrected chi connectivity index (χ0v) is 11.5. The topological polar surface area (TPSA) is 86.7 Å². The Balaban J connectivity index is 2.50. The van der Waals surface area contributed by atoms with Crippen molar-refractivity contribution in [1.29, 1.82) is 0 Å². The van der Waals surface area contributed by atoms with E-state index in [1.807, 2.05) is 35.9 Å². The molecule has 2 aromatic rings. The molecule has 0 radical (unpaired) electrons. The summed E-state index contributed by atoms with van der Waals surface area (Å²) in [4.78, 5) is 11.0. The van der Waals surface area contributed by atoms with Gasteiger partial charge in [0.25, 0.3) is 0 Å². The Morgan fingerprint density at radius 3 is 2.80 bits per heavy atom. The summed E-state index contributed by atoms with van der Waals surface area (Å²) < 4.78 is 12.4. The molecule has 3 N–H and O–H groups in total. The lowest BCUT2D eigenvalue weighted by Crippen LogP contribution is -2.32. The average molecular weight is 278 g/mol. The van der Waals surface area contributed by atoms with Crippen molar-refractivity contribution in [2.75, 3.05) is 13.9 Å². The van der Waals surface area contributed by atoms with E-state index >= 15 is 0 Å². The van der Waals surface area contributed by atoms with Gasteiger partial charge in [-0.3, -0.25) is 4.79 Å². The molecule has 0 amide bonds. The number of hydrogen-bond donors (Lipinski definition) is 2. The molecular weight excluding hydrogens is 260 g/mol. The fourth-order valence-electron chi connectivity index (χ4n) is 2.25. The van der Waals surface area contributed by atoms with E-state index < -0.39 is 12.0 Å². The monoisotopic (exact) mass is 278 g/mol. The summed E-state index contributed by atoms with van der Waals surface area (Å²) in [5.41, 5.74) is 7.40. The number of nitrogens with zero attached hydrogens (tertiary/aromatic N) is 1. The lowest BCUT2D eigenvalue weighted by atomic mass is 10.1. The van der Waals surface area contributed by atoms with Gasteiger partial charge in [-0.05, 0) is 6.07 Å². The van der Waals surface area contributed by atoms with Gasteiger partial charge in [0.05, 0.1) is 5.52 Å². The molecule has 20 heavy (non-hydrogen) atoms. The summed E-state index contributed by atoms with van der Waals surface area (Å²) in [6, 6.07) is 6.73. The van der Waals surface area contributed by atoms with Crippen LogP contribution in [0.4, 0.5) is 0 Å². The third kappa shape index (κ3) is 2.61.